The minimum Gasteiger partial charge on any atom is -0.508 e. The molecule has 3 N–H and O–H groups in total. The fraction of sp³-hybridized carbons (Fsp3) is 0.591. The van der Waals surface area contributed by atoms with Crippen LogP contribution in [-0.4, -0.2) is 39.1 Å². The molecule has 0 aliphatic heterocycles. The topological polar surface area (TPSA) is 87.0 Å². The number of fused-ring (bicyclic) bond motifs is 1. The van der Waals surface area contributed by atoms with E-state index in [-0.39, 0.29) is 17.6 Å². The van der Waals surface area contributed by atoms with Gasteiger partial charge in [0, 0.05) is 17.8 Å². The Labute approximate surface area is 160 Å². The highest BCUT2D eigenvalue weighted by atomic mass is 16.5. The Morgan fingerprint density at radius 3 is 2.44 bits per heavy atom. The molecule has 0 spiro atoms. The summed E-state index contributed by atoms with van der Waals surface area (Å²) in [6, 6.07) is 5.94. The van der Waals surface area contributed by atoms with Gasteiger partial charge in [0.15, 0.2) is 0 Å². The van der Waals surface area contributed by atoms with Crippen LogP contribution < -0.4 is 0 Å². The summed E-state index contributed by atoms with van der Waals surface area (Å²) in [5, 5.41) is 31.8. The molecule has 27 heavy (non-hydrogen) atoms. The summed E-state index contributed by atoms with van der Waals surface area (Å²) in [6.45, 7) is 7.85. The van der Waals surface area contributed by atoms with Gasteiger partial charge in [-0.2, -0.15) is 0 Å². The van der Waals surface area contributed by atoms with E-state index in [1.54, 1.807) is 0 Å². The summed E-state index contributed by atoms with van der Waals surface area (Å²) in [5.74, 6) is -0.787. The number of phenolic OH excluding ortho intramolecular Hbond substituents is 1. The number of carbonyl (C=O) groups is 1. The van der Waals surface area contributed by atoms with Gasteiger partial charge < -0.3 is 20.1 Å². The summed E-state index contributed by atoms with van der Waals surface area (Å²) < 4.78 is 5.91. The number of benzene rings is 1. The number of phenols is 1. The lowest BCUT2D eigenvalue weighted by molar-refractivity contribution is -0.127. The largest absolute Gasteiger partial charge is 0.508 e. The van der Waals surface area contributed by atoms with Crippen LogP contribution >= 0.6 is 0 Å². The first-order chi connectivity index (χ1) is 12.6. The van der Waals surface area contributed by atoms with Crippen molar-refractivity contribution >= 4 is 5.97 Å². The van der Waals surface area contributed by atoms with Crippen LogP contribution in [0.1, 0.15) is 57.3 Å². The number of hydrogen-bond donors (Lipinski definition) is 3. The van der Waals surface area contributed by atoms with Crippen molar-refractivity contribution in [3.05, 3.63) is 41.5 Å². The Hall–Kier alpha value is -1.85. The summed E-state index contributed by atoms with van der Waals surface area (Å²) in [7, 11) is 0. The molecule has 0 bridgehead atoms. The van der Waals surface area contributed by atoms with Crippen LogP contribution in [0.15, 0.2) is 35.9 Å². The highest BCUT2D eigenvalue weighted by molar-refractivity contribution is 5.89. The monoisotopic (exact) mass is 374 g/mol. The van der Waals surface area contributed by atoms with E-state index in [1.165, 1.54) is 24.3 Å². The van der Waals surface area contributed by atoms with E-state index in [0.717, 1.165) is 5.57 Å². The molecule has 148 valence electrons. The molecule has 1 aromatic rings. The average molecular weight is 374 g/mol. The van der Waals surface area contributed by atoms with Gasteiger partial charge in [0.1, 0.15) is 11.9 Å². The normalized spacial score (nSPS) is 36.1. The fourth-order valence-electron chi connectivity index (χ4n) is 4.95. The molecule has 1 aromatic carbocycles. The number of esters is 1. The second-order valence-corrected chi connectivity index (χ2v) is 8.78. The van der Waals surface area contributed by atoms with Gasteiger partial charge in [0.25, 0.3) is 0 Å². The molecule has 0 radical (unpaired) electrons. The highest BCUT2D eigenvalue weighted by Gasteiger charge is 2.61. The first-order valence-corrected chi connectivity index (χ1v) is 9.65. The number of aliphatic hydroxyl groups is 2. The van der Waals surface area contributed by atoms with Gasteiger partial charge in [-0.15, -0.1) is 0 Å². The molecule has 0 amide bonds. The Balaban J connectivity index is 1.97. The predicted octanol–water partition coefficient (Wildman–Crippen LogP) is 3.43. The molecule has 5 atom stereocenters. The van der Waals surface area contributed by atoms with Crippen molar-refractivity contribution in [1.82, 2.24) is 0 Å². The lowest BCUT2D eigenvalue weighted by atomic mass is 9.66. The summed E-state index contributed by atoms with van der Waals surface area (Å²) in [5.41, 5.74) is -0.259. The molecule has 0 unspecified atom stereocenters. The maximum absolute atomic E-state index is 12.7. The second-order valence-electron chi connectivity index (χ2n) is 8.78. The van der Waals surface area contributed by atoms with Crippen LogP contribution in [-0.2, 0) is 4.74 Å². The van der Waals surface area contributed by atoms with E-state index in [4.69, 9.17) is 4.74 Å². The minimum atomic E-state index is -1.01. The van der Waals surface area contributed by atoms with Crippen molar-refractivity contribution in [2.75, 3.05) is 0 Å². The van der Waals surface area contributed by atoms with Crippen LogP contribution in [0.5, 0.6) is 5.75 Å². The number of ether oxygens (including phenoxy) is 1. The van der Waals surface area contributed by atoms with Crippen LogP contribution in [0, 0.1) is 17.3 Å². The summed E-state index contributed by atoms with van der Waals surface area (Å²) in [6.07, 6.45) is 2.35. The standard InChI is InChI=1S/C22H30O5/c1-13(2)22(26)10-9-21(4)18(24)12-14(3)11-17(19(21)22)27-20(25)15-5-7-16(23)8-6-15/h5-8,12-13,17-19,23-24,26H,9-11H2,1-4H3/t17-,18-,19+,21+,22+/m0/s1. The van der Waals surface area contributed by atoms with Gasteiger partial charge in [-0.3, -0.25) is 0 Å². The van der Waals surface area contributed by atoms with Gasteiger partial charge >= 0.3 is 5.97 Å². The van der Waals surface area contributed by atoms with Gasteiger partial charge in [0.2, 0.25) is 0 Å². The maximum atomic E-state index is 12.7. The van der Waals surface area contributed by atoms with Crippen molar-refractivity contribution in [3.8, 4) is 5.75 Å². The second kappa shape index (κ2) is 6.95. The fourth-order valence-corrected chi connectivity index (χ4v) is 4.95. The molecular weight excluding hydrogens is 344 g/mol. The number of rotatable bonds is 3. The minimum absolute atomic E-state index is 0.0233. The van der Waals surface area contributed by atoms with Crippen LogP contribution in [0.25, 0.3) is 0 Å². The molecule has 0 heterocycles. The van der Waals surface area contributed by atoms with Crippen molar-refractivity contribution in [2.24, 2.45) is 17.3 Å². The molecule has 1 saturated carbocycles. The number of aromatic hydroxyl groups is 1. The lowest BCUT2D eigenvalue weighted by Crippen LogP contribution is -2.52. The first-order valence-electron chi connectivity index (χ1n) is 9.65. The molecular formula is C22H30O5. The molecule has 0 saturated heterocycles. The zero-order chi connectivity index (χ0) is 20.0. The zero-order valence-electron chi connectivity index (χ0n) is 16.5. The molecule has 2 aliphatic carbocycles. The van der Waals surface area contributed by atoms with E-state index in [0.29, 0.717) is 24.8 Å². The van der Waals surface area contributed by atoms with Crippen LogP contribution in [0.2, 0.25) is 0 Å². The molecule has 0 aromatic heterocycles. The Morgan fingerprint density at radius 1 is 1.22 bits per heavy atom. The summed E-state index contributed by atoms with van der Waals surface area (Å²) >= 11 is 0. The molecule has 2 aliphatic rings. The van der Waals surface area contributed by atoms with Crippen LogP contribution in [0.3, 0.4) is 0 Å². The van der Waals surface area contributed by atoms with Gasteiger partial charge in [0.05, 0.1) is 17.3 Å². The van der Waals surface area contributed by atoms with E-state index < -0.39 is 29.2 Å². The Bertz CT molecular complexity index is 738. The predicted molar refractivity (Wildman–Crippen MR) is 102 cm³/mol. The van der Waals surface area contributed by atoms with E-state index in [2.05, 4.69) is 0 Å². The third-order valence-electron chi connectivity index (χ3n) is 6.69. The smallest absolute Gasteiger partial charge is 0.338 e. The first kappa shape index (κ1) is 19.9. The number of carbonyl (C=O) groups excluding carboxylic acids is 1. The third-order valence-corrected chi connectivity index (χ3v) is 6.69. The third kappa shape index (κ3) is 3.39. The van der Waals surface area contributed by atoms with Gasteiger partial charge in [-0.05, 0) is 49.9 Å². The summed E-state index contributed by atoms with van der Waals surface area (Å²) in [4.78, 5) is 12.7. The van der Waals surface area contributed by atoms with Crippen molar-refractivity contribution in [3.63, 3.8) is 0 Å². The maximum Gasteiger partial charge on any atom is 0.338 e. The highest BCUT2D eigenvalue weighted by Crippen LogP contribution is 2.58. The molecule has 1 fully saturated rings. The number of hydrogen-bond acceptors (Lipinski definition) is 5. The molecule has 5 heteroatoms. The van der Waals surface area contributed by atoms with E-state index in [9.17, 15) is 20.1 Å². The zero-order valence-corrected chi connectivity index (χ0v) is 16.5. The molecule has 5 nitrogen and oxygen atoms in total. The van der Waals surface area contributed by atoms with E-state index in [1.807, 2.05) is 33.8 Å². The SMILES string of the molecule is CC1=C[C@H](O)[C@@]2(C)CC[C@@](O)(C(C)C)[C@@H]2[C@@H](OC(=O)c2ccc(O)cc2)C1. The van der Waals surface area contributed by atoms with Crippen LogP contribution in [0.4, 0.5) is 0 Å². The van der Waals surface area contributed by atoms with Gasteiger partial charge in [-0.25, -0.2) is 4.79 Å². The van der Waals surface area contributed by atoms with Crippen molar-refractivity contribution in [2.45, 2.75) is 64.8 Å². The number of aliphatic hydroxyl groups excluding tert-OH is 1. The lowest BCUT2D eigenvalue weighted by Gasteiger charge is -2.44. The van der Waals surface area contributed by atoms with Crippen molar-refractivity contribution in [1.29, 1.82) is 0 Å². The molecule has 3 rings (SSSR count). The van der Waals surface area contributed by atoms with Crippen molar-refractivity contribution < 1.29 is 24.9 Å². The quantitative estimate of drug-likeness (QED) is 0.557. The average Bonchev–Trinajstić information content (AvgIpc) is 2.83. The van der Waals surface area contributed by atoms with E-state index >= 15 is 0 Å². The van der Waals surface area contributed by atoms with Gasteiger partial charge in [-0.1, -0.05) is 32.4 Å². The Kier molecular flexibility index (Phi) is 5.12. The Morgan fingerprint density at radius 2 is 1.85 bits per heavy atom.